The van der Waals surface area contributed by atoms with Crippen molar-refractivity contribution in [1.82, 2.24) is 30.8 Å². The van der Waals surface area contributed by atoms with Crippen molar-refractivity contribution in [2.24, 2.45) is 5.92 Å². The molecule has 3 aromatic carbocycles. The van der Waals surface area contributed by atoms with Crippen molar-refractivity contribution in [2.45, 2.75) is 94.5 Å². The Kier molecular flexibility index (Phi) is 7.49. The van der Waals surface area contributed by atoms with Crippen molar-refractivity contribution in [3.8, 4) is 22.3 Å². The fraction of sp³-hybridized carbons (Fsp3) is 0.450. The largest absolute Gasteiger partial charge is 0.444 e. The molecule has 272 valence electrons. The minimum absolute atomic E-state index is 0.263. The average molecular weight is 715 g/mol. The zero-order valence-electron chi connectivity index (χ0n) is 29.3. The minimum Gasteiger partial charge on any atom is -0.444 e. The summed E-state index contributed by atoms with van der Waals surface area (Å²) in [6.07, 6.45) is 3.14. The van der Waals surface area contributed by atoms with Crippen LogP contribution in [0, 0.1) is 5.92 Å². The number of nitrogens with one attached hydrogen (secondary N) is 4. The third-order valence-electron chi connectivity index (χ3n) is 11.4. The Morgan fingerprint density at radius 1 is 0.923 bits per heavy atom. The number of amides is 1. The van der Waals surface area contributed by atoms with E-state index in [-0.39, 0.29) is 13.0 Å². The summed E-state index contributed by atoms with van der Waals surface area (Å²) in [4.78, 5) is 21.9. The second-order valence-electron chi connectivity index (χ2n) is 16.2. The molecule has 4 heterocycles. The molecule has 0 radical (unpaired) electrons. The molecule has 5 atom stereocenters. The fourth-order valence-corrected chi connectivity index (χ4v) is 8.85. The lowest BCUT2D eigenvalue weighted by Gasteiger charge is -2.31. The Hall–Kier alpha value is -4.58. The van der Waals surface area contributed by atoms with Crippen LogP contribution in [0.25, 0.3) is 39.0 Å². The number of rotatable bonds is 5. The summed E-state index contributed by atoms with van der Waals surface area (Å²) < 4.78 is 62.4. The van der Waals surface area contributed by atoms with Crippen LogP contribution in [-0.2, 0) is 11.2 Å². The predicted octanol–water partition coefficient (Wildman–Crippen LogP) is 8.08. The maximum Gasteiger partial charge on any atom is 0.410 e. The number of carbonyl (C=O) groups is 1. The van der Waals surface area contributed by atoms with E-state index in [1.807, 2.05) is 18.2 Å². The van der Waals surface area contributed by atoms with Gasteiger partial charge in [0.25, 0.3) is 11.8 Å². The lowest BCUT2D eigenvalue weighted by atomic mass is 9.73. The van der Waals surface area contributed by atoms with Crippen molar-refractivity contribution < 1.29 is 27.1 Å². The van der Waals surface area contributed by atoms with Crippen LogP contribution in [-0.4, -0.2) is 63.7 Å². The standard InChI is InChI=1S/C40H42F4N6O2/c1-38(2,3)52-37(51)50-20-40(43,44)17-33(50)36-45-18-32(49-36)22-6-4-21(5-7-22)26-12-11-25(28-14-23-8-10-27(23)34(26)28)24-9-13-29-30(15-24)48-35(47-29)31-16-39(41,42)19-46-31/h4-7,9,11-13,15,18,23,27,31,33,36,45-46,49H,8,10,14,16-17,19-20H2,1-3H3,(H,47,48)/t23?,27?,31-,33-,36?/m0/s1. The molecule has 52 heavy (non-hydrogen) atoms. The van der Waals surface area contributed by atoms with Gasteiger partial charge in [0.05, 0.1) is 41.9 Å². The van der Waals surface area contributed by atoms with Crippen molar-refractivity contribution >= 4 is 22.8 Å². The van der Waals surface area contributed by atoms with E-state index in [2.05, 4.69) is 62.3 Å². The molecule has 1 amide bonds. The number of ether oxygens (including phenoxy) is 1. The molecule has 4 N–H and O–H groups in total. The zero-order chi connectivity index (χ0) is 36.2. The molecule has 3 fully saturated rings. The Morgan fingerprint density at radius 2 is 1.67 bits per heavy atom. The number of benzene rings is 3. The van der Waals surface area contributed by atoms with E-state index in [9.17, 15) is 22.4 Å². The number of H-pyrrole nitrogens is 1. The Bertz CT molecular complexity index is 2110. The highest BCUT2D eigenvalue weighted by Crippen LogP contribution is 2.56. The summed E-state index contributed by atoms with van der Waals surface area (Å²) in [5.74, 6) is -4.04. The summed E-state index contributed by atoms with van der Waals surface area (Å²) in [7, 11) is 0. The molecule has 2 aliphatic carbocycles. The number of carbonyl (C=O) groups excluding carboxylic acids is 1. The number of alkyl halides is 4. The molecule has 3 aliphatic heterocycles. The highest BCUT2D eigenvalue weighted by atomic mass is 19.3. The van der Waals surface area contributed by atoms with Gasteiger partial charge in [0.15, 0.2) is 0 Å². The summed E-state index contributed by atoms with van der Waals surface area (Å²) in [6, 6.07) is 17.6. The Balaban J connectivity index is 0.953. The smallest absolute Gasteiger partial charge is 0.410 e. The Labute approximate surface area is 299 Å². The van der Waals surface area contributed by atoms with Crippen molar-refractivity contribution in [3.63, 3.8) is 0 Å². The third kappa shape index (κ3) is 5.88. The van der Waals surface area contributed by atoms with E-state index < -0.39 is 54.8 Å². The highest BCUT2D eigenvalue weighted by Gasteiger charge is 2.52. The third-order valence-corrected chi connectivity index (χ3v) is 11.4. The second kappa shape index (κ2) is 11.7. The lowest BCUT2D eigenvalue weighted by Crippen LogP contribution is -2.52. The summed E-state index contributed by atoms with van der Waals surface area (Å²) in [5.41, 5.74) is 9.89. The number of fused-ring (bicyclic) bond motifs is 4. The van der Waals surface area contributed by atoms with Gasteiger partial charge in [-0.25, -0.2) is 27.3 Å². The number of nitrogens with zero attached hydrogens (tertiary/aromatic N) is 2. The first-order chi connectivity index (χ1) is 24.7. The first kappa shape index (κ1) is 33.3. The van der Waals surface area contributed by atoms with Crippen LogP contribution in [0.5, 0.6) is 0 Å². The van der Waals surface area contributed by atoms with E-state index in [1.165, 1.54) is 35.1 Å². The zero-order valence-corrected chi connectivity index (χ0v) is 29.3. The molecule has 1 aromatic heterocycles. The van der Waals surface area contributed by atoms with E-state index in [0.29, 0.717) is 17.7 Å². The van der Waals surface area contributed by atoms with Crippen LogP contribution in [0.1, 0.15) is 80.9 Å². The first-order valence-electron chi connectivity index (χ1n) is 18.2. The fourth-order valence-electron chi connectivity index (χ4n) is 8.85. The van der Waals surface area contributed by atoms with Crippen LogP contribution in [0.4, 0.5) is 22.4 Å². The molecule has 9 rings (SSSR count). The number of likely N-dealkylation sites (tertiary alicyclic amines) is 1. The van der Waals surface area contributed by atoms with Crippen LogP contribution < -0.4 is 16.0 Å². The molecule has 2 saturated heterocycles. The maximum atomic E-state index is 14.6. The topological polar surface area (TPSA) is 94.3 Å². The number of aromatic amines is 1. The van der Waals surface area contributed by atoms with E-state index in [4.69, 9.17) is 4.74 Å². The Morgan fingerprint density at radius 3 is 2.38 bits per heavy atom. The molecular weight excluding hydrogens is 672 g/mol. The summed E-state index contributed by atoms with van der Waals surface area (Å²) in [5, 5.41) is 9.42. The number of hydrogen-bond donors (Lipinski definition) is 4. The van der Waals surface area contributed by atoms with Gasteiger partial charge in [-0.05, 0) is 103 Å². The minimum atomic E-state index is -3.00. The van der Waals surface area contributed by atoms with Gasteiger partial charge in [0.1, 0.15) is 17.6 Å². The van der Waals surface area contributed by atoms with Crippen LogP contribution >= 0.6 is 0 Å². The van der Waals surface area contributed by atoms with Gasteiger partial charge in [0, 0.05) is 19.0 Å². The summed E-state index contributed by atoms with van der Waals surface area (Å²) >= 11 is 0. The van der Waals surface area contributed by atoms with Crippen LogP contribution in [0.3, 0.4) is 0 Å². The maximum absolute atomic E-state index is 14.6. The normalized spacial score (nSPS) is 27.1. The number of halogens is 4. The molecular formula is C40H42F4N6O2. The molecule has 0 spiro atoms. The van der Waals surface area contributed by atoms with Crippen molar-refractivity contribution in [3.05, 3.63) is 83.3 Å². The van der Waals surface area contributed by atoms with Crippen molar-refractivity contribution in [1.29, 1.82) is 0 Å². The van der Waals surface area contributed by atoms with Gasteiger partial charge in [0.2, 0.25) is 0 Å². The van der Waals surface area contributed by atoms with Gasteiger partial charge in [-0.2, -0.15) is 0 Å². The monoisotopic (exact) mass is 714 g/mol. The van der Waals surface area contributed by atoms with E-state index in [0.717, 1.165) is 44.7 Å². The van der Waals surface area contributed by atoms with E-state index >= 15 is 0 Å². The molecule has 1 saturated carbocycles. The first-order valence-corrected chi connectivity index (χ1v) is 18.2. The van der Waals surface area contributed by atoms with Gasteiger partial charge in [-0.3, -0.25) is 4.90 Å². The van der Waals surface area contributed by atoms with Gasteiger partial charge < -0.3 is 25.7 Å². The van der Waals surface area contributed by atoms with Gasteiger partial charge in [-0.1, -0.05) is 42.5 Å². The molecule has 4 aromatic rings. The highest BCUT2D eigenvalue weighted by molar-refractivity contribution is 5.86. The number of aromatic nitrogens is 2. The van der Waals surface area contributed by atoms with Gasteiger partial charge >= 0.3 is 6.09 Å². The molecule has 0 bridgehead atoms. The SMILES string of the molecule is CC(C)(C)OC(=O)N1CC(F)(F)C[C@H]1C1NC=C(c2ccc(-c3ccc(-c4ccc5nc([C@@H]6CC(F)(F)CN6)[nH]c5c4)c4c3C3CCC3C4)cc2)N1. The molecule has 3 unspecified atom stereocenters. The number of hydrogen-bond acceptors (Lipinski definition) is 6. The molecule has 12 heteroatoms. The molecule has 5 aliphatic rings. The molecule has 8 nitrogen and oxygen atoms in total. The summed E-state index contributed by atoms with van der Waals surface area (Å²) in [6.45, 7) is 4.15. The van der Waals surface area contributed by atoms with Crippen LogP contribution in [0.15, 0.2) is 60.8 Å². The lowest BCUT2D eigenvalue weighted by molar-refractivity contribution is -0.00267. The average Bonchev–Trinajstić information content (AvgIpc) is 3.89. The van der Waals surface area contributed by atoms with Crippen molar-refractivity contribution in [2.75, 3.05) is 13.1 Å². The number of imidazole rings is 1. The van der Waals surface area contributed by atoms with E-state index in [1.54, 1.807) is 27.0 Å². The quantitative estimate of drug-likeness (QED) is 0.156. The second-order valence-corrected chi connectivity index (χ2v) is 16.2. The van der Waals surface area contributed by atoms with Gasteiger partial charge in [-0.15, -0.1) is 0 Å². The predicted molar refractivity (Wildman–Crippen MR) is 191 cm³/mol. The van der Waals surface area contributed by atoms with Crippen LogP contribution in [0.2, 0.25) is 0 Å².